The number of hydrogen-bond acceptors (Lipinski definition) is 7. The predicted octanol–water partition coefficient (Wildman–Crippen LogP) is 3.34. The van der Waals surface area contributed by atoms with Gasteiger partial charge >= 0.3 is 0 Å². The Morgan fingerprint density at radius 3 is 2.49 bits per heavy atom. The molecule has 0 aliphatic carbocycles. The maximum Gasteiger partial charge on any atom is 0.276 e. The van der Waals surface area contributed by atoms with Crippen LogP contribution >= 0.6 is 11.3 Å². The van der Waals surface area contributed by atoms with Crippen molar-refractivity contribution in [1.82, 2.24) is 29.5 Å². The quantitative estimate of drug-likeness (QED) is 0.464. The summed E-state index contributed by atoms with van der Waals surface area (Å²) in [7, 11) is 2.06. The van der Waals surface area contributed by atoms with Gasteiger partial charge in [0.05, 0.1) is 17.1 Å². The summed E-state index contributed by atoms with van der Waals surface area (Å²) < 4.78 is 1.59. The van der Waals surface area contributed by atoms with E-state index in [1.807, 2.05) is 47.5 Å². The van der Waals surface area contributed by atoms with E-state index in [-0.39, 0.29) is 11.8 Å². The standard InChI is InChI=1S/C25H25N7O2S/c1-17-15-22(23(33)28-25-27-21(16-35-25)20-5-3-4-10-26-20)32(29-17)19-8-6-18(7-9-19)24(34)31-13-11-30(2)12-14-31/h3-10,15-16H,11-14H2,1-2H3,(H,27,28,33). The van der Waals surface area contributed by atoms with E-state index in [9.17, 15) is 9.59 Å². The Hall–Kier alpha value is -3.89. The number of thiazole rings is 1. The van der Waals surface area contributed by atoms with Crippen molar-refractivity contribution in [3.8, 4) is 17.1 Å². The molecule has 0 saturated carbocycles. The van der Waals surface area contributed by atoms with Crippen LogP contribution in [0.1, 0.15) is 26.5 Å². The molecule has 1 aliphatic rings. The Balaban J connectivity index is 1.32. The van der Waals surface area contributed by atoms with Crippen LogP contribution < -0.4 is 5.32 Å². The third-order valence-corrected chi connectivity index (χ3v) is 6.62. The van der Waals surface area contributed by atoms with E-state index in [0.29, 0.717) is 33.5 Å². The second-order valence-electron chi connectivity index (χ2n) is 8.43. The molecule has 0 bridgehead atoms. The molecule has 10 heteroatoms. The maximum atomic E-state index is 13.1. The fourth-order valence-corrected chi connectivity index (χ4v) is 4.62. The molecule has 1 saturated heterocycles. The van der Waals surface area contributed by atoms with Gasteiger partial charge in [0.15, 0.2) is 5.13 Å². The number of nitrogens with zero attached hydrogens (tertiary/aromatic N) is 6. The number of aromatic nitrogens is 4. The number of amides is 2. The first-order valence-corrected chi connectivity index (χ1v) is 12.2. The highest BCUT2D eigenvalue weighted by molar-refractivity contribution is 7.14. The summed E-state index contributed by atoms with van der Waals surface area (Å²) in [6.07, 6.45) is 1.71. The molecule has 0 spiro atoms. The van der Waals surface area contributed by atoms with Crippen molar-refractivity contribution in [2.75, 3.05) is 38.5 Å². The normalized spacial score (nSPS) is 14.2. The van der Waals surface area contributed by atoms with Gasteiger partial charge in [-0.2, -0.15) is 5.10 Å². The zero-order chi connectivity index (χ0) is 24.4. The number of benzene rings is 1. The summed E-state index contributed by atoms with van der Waals surface area (Å²) in [6.45, 7) is 5.02. The lowest BCUT2D eigenvalue weighted by atomic mass is 10.1. The van der Waals surface area contributed by atoms with Gasteiger partial charge in [0.2, 0.25) is 0 Å². The average Bonchev–Trinajstić information content (AvgIpc) is 3.51. The molecular formula is C25H25N7O2S. The van der Waals surface area contributed by atoms with Crippen LogP contribution in [0, 0.1) is 6.92 Å². The Morgan fingerprint density at radius 2 is 1.77 bits per heavy atom. The minimum atomic E-state index is -0.315. The van der Waals surface area contributed by atoms with Crippen LogP contribution in [0.25, 0.3) is 17.1 Å². The first-order valence-electron chi connectivity index (χ1n) is 11.3. The van der Waals surface area contributed by atoms with Crippen molar-refractivity contribution in [1.29, 1.82) is 0 Å². The SMILES string of the molecule is Cc1cc(C(=O)Nc2nc(-c3ccccn3)cs2)n(-c2ccc(C(=O)N3CCN(C)CC3)cc2)n1. The number of hydrogen-bond donors (Lipinski definition) is 1. The molecule has 1 fully saturated rings. The summed E-state index contributed by atoms with van der Waals surface area (Å²) in [5.74, 6) is -0.295. The van der Waals surface area contributed by atoms with Crippen molar-refractivity contribution < 1.29 is 9.59 Å². The molecule has 2 amide bonds. The number of rotatable bonds is 5. The van der Waals surface area contributed by atoms with Crippen LogP contribution in [0.15, 0.2) is 60.1 Å². The second-order valence-corrected chi connectivity index (χ2v) is 9.29. The third-order valence-electron chi connectivity index (χ3n) is 5.87. The van der Waals surface area contributed by atoms with E-state index >= 15 is 0 Å². The van der Waals surface area contributed by atoms with E-state index in [2.05, 4.69) is 32.3 Å². The van der Waals surface area contributed by atoms with Gasteiger partial charge in [-0.3, -0.25) is 19.9 Å². The number of aryl methyl sites for hydroxylation is 1. The molecule has 4 heterocycles. The molecule has 3 aromatic heterocycles. The van der Waals surface area contributed by atoms with Crippen LogP contribution in [0.5, 0.6) is 0 Å². The van der Waals surface area contributed by atoms with Gasteiger partial charge in [-0.25, -0.2) is 9.67 Å². The zero-order valence-corrected chi connectivity index (χ0v) is 20.3. The van der Waals surface area contributed by atoms with Gasteiger partial charge in [-0.15, -0.1) is 11.3 Å². The Labute approximate surface area is 207 Å². The molecule has 35 heavy (non-hydrogen) atoms. The molecule has 1 N–H and O–H groups in total. The van der Waals surface area contributed by atoms with Gasteiger partial charge in [-0.05, 0) is 56.4 Å². The Bertz CT molecular complexity index is 1340. The van der Waals surface area contributed by atoms with Gasteiger partial charge in [0, 0.05) is 43.3 Å². The largest absolute Gasteiger partial charge is 0.336 e. The minimum Gasteiger partial charge on any atom is -0.336 e. The van der Waals surface area contributed by atoms with Crippen molar-refractivity contribution in [3.63, 3.8) is 0 Å². The van der Waals surface area contributed by atoms with Crippen LogP contribution in [-0.4, -0.2) is 74.6 Å². The van der Waals surface area contributed by atoms with Crippen molar-refractivity contribution in [2.24, 2.45) is 0 Å². The number of nitrogens with one attached hydrogen (secondary N) is 1. The summed E-state index contributed by atoms with van der Waals surface area (Å²) in [5, 5.41) is 9.70. The van der Waals surface area contributed by atoms with Gasteiger partial charge < -0.3 is 9.80 Å². The molecule has 0 atom stereocenters. The van der Waals surface area contributed by atoms with E-state index in [4.69, 9.17) is 0 Å². The monoisotopic (exact) mass is 487 g/mol. The Morgan fingerprint density at radius 1 is 1.00 bits per heavy atom. The average molecular weight is 488 g/mol. The van der Waals surface area contributed by atoms with Crippen LogP contribution in [0.2, 0.25) is 0 Å². The first kappa shape index (κ1) is 22.9. The molecule has 5 rings (SSSR count). The highest BCUT2D eigenvalue weighted by atomic mass is 32.1. The van der Waals surface area contributed by atoms with Crippen LogP contribution in [0.3, 0.4) is 0 Å². The summed E-state index contributed by atoms with van der Waals surface area (Å²) in [4.78, 5) is 38.8. The van der Waals surface area contributed by atoms with Crippen LogP contribution in [-0.2, 0) is 0 Å². The highest BCUT2D eigenvalue weighted by Gasteiger charge is 2.21. The summed E-state index contributed by atoms with van der Waals surface area (Å²) in [5.41, 5.74) is 3.87. The lowest BCUT2D eigenvalue weighted by molar-refractivity contribution is 0.0664. The minimum absolute atomic E-state index is 0.0201. The molecule has 1 aliphatic heterocycles. The number of pyridine rings is 1. The molecule has 0 radical (unpaired) electrons. The number of carbonyl (C=O) groups is 2. The van der Waals surface area contributed by atoms with E-state index in [0.717, 1.165) is 31.9 Å². The van der Waals surface area contributed by atoms with E-state index in [1.165, 1.54) is 11.3 Å². The molecule has 1 aromatic carbocycles. The topological polar surface area (TPSA) is 96.2 Å². The molecular weight excluding hydrogens is 462 g/mol. The number of piperazine rings is 1. The van der Waals surface area contributed by atoms with Crippen molar-refractivity contribution in [2.45, 2.75) is 6.92 Å². The lowest BCUT2D eigenvalue weighted by Gasteiger charge is -2.32. The second kappa shape index (κ2) is 9.77. The number of anilines is 1. The van der Waals surface area contributed by atoms with Crippen molar-refractivity contribution in [3.05, 3.63) is 77.1 Å². The van der Waals surface area contributed by atoms with Crippen LogP contribution in [0.4, 0.5) is 5.13 Å². The fourth-order valence-electron chi connectivity index (χ4n) is 3.92. The van der Waals surface area contributed by atoms with Gasteiger partial charge in [-0.1, -0.05) is 6.07 Å². The maximum absolute atomic E-state index is 13.1. The third kappa shape index (κ3) is 4.98. The molecule has 4 aromatic rings. The van der Waals surface area contributed by atoms with Crippen molar-refractivity contribution >= 4 is 28.3 Å². The fraction of sp³-hybridized carbons (Fsp3) is 0.240. The summed E-state index contributed by atoms with van der Waals surface area (Å²) >= 11 is 1.34. The Kier molecular flexibility index (Phi) is 6.39. The van der Waals surface area contributed by atoms with E-state index < -0.39 is 0 Å². The van der Waals surface area contributed by atoms with Gasteiger partial charge in [0.1, 0.15) is 11.4 Å². The number of likely N-dealkylation sites (N-methyl/N-ethyl adjacent to an activating group) is 1. The summed E-state index contributed by atoms with van der Waals surface area (Å²) in [6, 6.07) is 14.5. The molecule has 0 unspecified atom stereocenters. The predicted molar refractivity (Wildman–Crippen MR) is 135 cm³/mol. The lowest BCUT2D eigenvalue weighted by Crippen LogP contribution is -2.47. The smallest absolute Gasteiger partial charge is 0.276 e. The number of carbonyl (C=O) groups excluding carboxylic acids is 2. The molecule has 9 nitrogen and oxygen atoms in total. The van der Waals surface area contributed by atoms with E-state index in [1.54, 1.807) is 29.1 Å². The van der Waals surface area contributed by atoms with Gasteiger partial charge in [0.25, 0.3) is 11.8 Å². The highest BCUT2D eigenvalue weighted by Crippen LogP contribution is 2.24. The molecule has 178 valence electrons. The zero-order valence-electron chi connectivity index (χ0n) is 19.5. The first-order chi connectivity index (χ1) is 17.0.